The van der Waals surface area contributed by atoms with Crippen LogP contribution in [0.3, 0.4) is 0 Å². The Morgan fingerprint density at radius 3 is 2.67 bits per heavy atom. The third kappa shape index (κ3) is 6.31. The Bertz CT molecular complexity index is 1950. The Morgan fingerprint density at radius 1 is 1.11 bits per heavy atom. The number of nitrogens with one attached hydrogen (secondary N) is 1. The zero-order valence-electron chi connectivity index (χ0n) is 24.3. The lowest BCUT2D eigenvalue weighted by atomic mass is 10.2. The third-order valence-electron chi connectivity index (χ3n) is 7.56. The van der Waals surface area contributed by atoms with Gasteiger partial charge in [-0.15, -0.1) is 0 Å². The molecule has 6 rings (SSSR count). The second kappa shape index (κ2) is 12.3. The molecule has 1 saturated heterocycles. The van der Waals surface area contributed by atoms with E-state index in [1.807, 2.05) is 0 Å². The van der Waals surface area contributed by atoms with E-state index in [1.165, 1.54) is 33.7 Å². The molecule has 3 heterocycles. The number of benzene rings is 3. The first-order valence-electron chi connectivity index (χ1n) is 14.2. The van der Waals surface area contributed by atoms with Gasteiger partial charge in [0.1, 0.15) is 35.2 Å². The number of likely N-dealkylation sites (N-methyl/N-ethyl adjacent to an activating group) is 1. The van der Waals surface area contributed by atoms with Crippen LogP contribution in [-0.4, -0.2) is 62.5 Å². The summed E-state index contributed by atoms with van der Waals surface area (Å²) >= 11 is 0. The van der Waals surface area contributed by atoms with Crippen molar-refractivity contribution in [3.8, 4) is 22.9 Å². The van der Waals surface area contributed by atoms with E-state index in [0.29, 0.717) is 53.7 Å². The number of hydrogen-bond acceptors (Lipinski definition) is 8. The van der Waals surface area contributed by atoms with Crippen LogP contribution in [0.2, 0.25) is 0 Å². The summed E-state index contributed by atoms with van der Waals surface area (Å²) in [6, 6.07) is 19.0. The van der Waals surface area contributed by atoms with Crippen molar-refractivity contribution in [1.82, 2.24) is 19.1 Å². The highest BCUT2D eigenvalue weighted by Gasteiger charge is 2.28. The van der Waals surface area contributed by atoms with Crippen LogP contribution in [0.1, 0.15) is 6.42 Å². The number of amides is 1. The van der Waals surface area contributed by atoms with E-state index in [2.05, 4.69) is 15.3 Å². The largest absolute Gasteiger partial charge is 0.632 e. The van der Waals surface area contributed by atoms with Gasteiger partial charge in [-0.25, -0.2) is 23.7 Å². The molecule has 45 heavy (non-hydrogen) atoms. The minimum absolute atomic E-state index is 0.0958. The lowest BCUT2D eigenvalue weighted by Gasteiger charge is -2.42. The number of carbonyl (C=O) groups excluding carboxylic acids is 1. The van der Waals surface area contributed by atoms with Gasteiger partial charge in [-0.05, 0) is 60.7 Å². The number of nitrogens with two attached hydrogens (primary N) is 1. The highest BCUT2D eigenvalue weighted by atomic mass is 19.1. The number of nitrogens with zero attached hydrogens (tertiary/aromatic N) is 5. The quantitative estimate of drug-likeness (QED) is 0.142. The van der Waals surface area contributed by atoms with Crippen molar-refractivity contribution in [3.63, 3.8) is 0 Å². The van der Waals surface area contributed by atoms with Crippen LogP contribution in [0.4, 0.5) is 15.9 Å². The number of hydrogen-bond donors (Lipinski definition) is 2. The van der Waals surface area contributed by atoms with E-state index in [9.17, 15) is 19.2 Å². The Labute approximate surface area is 256 Å². The molecule has 2 aromatic heterocycles. The van der Waals surface area contributed by atoms with Crippen molar-refractivity contribution in [3.05, 3.63) is 113 Å². The van der Waals surface area contributed by atoms with Crippen LogP contribution in [0.25, 0.3) is 22.5 Å². The molecule has 0 aliphatic carbocycles. The molecular formula is C32H30FN7O5. The number of carbonyl (C=O) groups is 1. The van der Waals surface area contributed by atoms with Gasteiger partial charge in [-0.2, -0.15) is 0 Å². The van der Waals surface area contributed by atoms with Crippen molar-refractivity contribution in [2.75, 3.05) is 37.9 Å². The molecule has 1 aliphatic rings. The smallest absolute Gasteiger partial charge is 0.339 e. The Kier molecular flexibility index (Phi) is 8.13. The minimum Gasteiger partial charge on any atom is -0.632 e. The van der Waals surface area contributed by atoms with Crippen LogP contribution in [0, 0.1) is 11.0 Å². The van der Waals surface area contributed by atoms with Gasteiger partial charge in [0.15, 0.2) is 11.5 Å². The predicted octanol–water partition coefficient (Wildman–Crippen LogP) is 4.31. The third-order valence-corrected chi connectivity index (χ3v) is 7.56. The van der Waals surface area contributed by atoms with Crippen LogP contribution in [0.5, 0.6) is 11.5 Å². The molecule has 5 aromatic rings. The van der Waals surface area contributed by atoms with Crippen molar-refractivity contribution in [1.29, 1.82) is 0 Å². The number of hydroxylamine groups is 3. The first-order chi connectivity index (χ1) is 21.7. The van der Waals surface area contributed by atoms with Crippen LogP contribution in [-0.2, 0) is 9.53 Å². The topological polar surface area (TPSA) is 149 Å². The molecule has 0 spiro atoms. The summed E-state index contributed by atoms with van der Waals surface area (Å²) in [5, 5.41) is 15.6. The number of aromatic nitrogens is 4. The van der Waals surface area contributed by atoms with E-state index in [0.717, 1.165) is 0 Å². The predicted molar refractivity (Wildman–Crippen MR) is 167 cm³/mol. The zero-order valence-corrected chi connectivity index (χ0v) is 24.3. The maximum absolute atomic E-state index is 13.9. The van der Waals surface area contributed by atoms with Gasteiger partial charge in [0.05, 0.1) is 38.2 Å². The highest BCUT2D eigenvalue weighted by molar-refractivity contribution is 5.99. The number of rotatable bonds is 9. The monoisotopic (exact) mass is 611 g/mol. The number of halogens is 1. The van der Waals surface area contributed by atoms with Gasteiger partial charge in [0.25, 0.3) is 0 Å². The molecule has 0 saturated carbocycles. The molecule has 12 nitrogen and oxygen atoms in total. The molecule has 1 fully saturated rings. The molecule has 0 bridgehead atoms. The minimum atomic E-state index is -0.514. The Hall–Kier alpha value is -5.37. The van der Waals surface area contributed by atoms with Crippen molar-refractivity contribution in [2.45, 2.75) is 12.5 Å². The van der Waals surface area contributed by atoms with E-state index in [-0.39, 0.29) is 24.1 Å². The summed E-state index contributed by atoms with van der Waals surface area (Å²) in [4.78, 5) is 35.0. The number of fused-ring (bicyclic) bond motifs is 1. The second-order valence-electron chi connectivity index (χ2n) is 10.8. The summed E-state index contributed by atoms with van der Waals surface area (Å²) in [6.07, 6.45) is 4.83. The summed E-state index contributed by atoms with van der Waals surface area (Å²) in [6.45, 7) is 1.12. The van der Waals surface area contributed by atoms with Crippen molar-refractivity contribution < 1.29 is 23.3 Å². The highest BCUT2D eigenvalue weighted by Crippen LogP contribution is 2.27. The molecular weight excluding hydrogens is 581 g/mol. The number of quaternary nitrogens is 1. The van der Waals surface area contributed by atoms with Crippen molar-refractivity contribution >= 4 is 28.6 Å². The molecule has 2 atom stereocenters. The van der Waals surface area contributed by atoms with Crippen LogP contribution in [0.15, 0.2) is 96.1 Å². The van der Waals surface area contributed by atoms with Gasteiger partial charge in [0.2, 0.25) is 5.91 Å². The summed E-state index contributed by atoms with van der Waals surface area (Å²) < 4.78 is 26.9. The Balaban J connectivity index is 1.26. The number of imidazole rings is 1. The Morgan fingerprint density at radius 2 is 1.91 bits per heavy atom. The van der Waals surface area contributed by atoms with Gasteiger partial charge in [-0.3, -0.25) is 9.36 Å². The maximum Gasteiger partial charge on any atom is 0.339 e. The molecule has 1 amide bonds. The van der Waals surface area contributed by atoms with E-state index in [1.54, 1.807) is 73.8 Å². The van der Waals surface area contributed by atoms with Gasteiger partial charge in [-0.1, -0.05) is 12.1 Å². The normalized spacial score (nSPS) is 16.2. The van der Waals surface area contributed by atoms with Crippen LogP contribution >= 0.6 is 0 Å². The average molecular weight is 612 g/mol. The van der Waals surface area contributed by atoms with E-state index < -0.39 is 22.1 Å². The number of ether oxygens (including phenoxy) is 2. The molecule has 3 aromatic carbocycles. The second-order valence-corrected chi connectivity index (χ2v) is 10.8. The van der Waals surface area contributed by atoms with E-state index >= 15 is 0 Å². The zero-order chi connectivity index (χ0) is 31.6. The maximum atomic E-state index is 13.9. The summed E-state index contributed by atoms with van der Waals surface area (Å²) in [5.41, 5.74) is 7.66. The van der Waals surface area contributed by atoms with Gasteiger partial charge < -0.3 is 30.4 Å². The fraction of sp³-hybridized carbons (Fsp3) is 0.188. The molecule has 1 unspecified atom stereocenters. The molecule has 13 heteroatoms. The number of nitrogen functional groups attached to an aromatic ring is 1. The van der Waals surface area contributed by atoms with Crippen LogP contribution < -0.4 is 21.5 Å². The first-order valence-corrected chi connectivity index (χ1v) is 14.2. The van der Waals surface area contributed by atoms with Crippen molar-refractivity contribution in [2.24, 2.45) is 0 Å². The molecule has 230 valence electrons. The first kappa shape index (κ1) is 29.7. The van der Waals surface area contributed by atoms with E-state index in [4.69, 9.17) is 15.2 Å². The molecule has 1 aliphatic heterocycles. The fourth-order valence-corrected chi connectivity index (χ4v) is 5.23. The lowest BCUT2D eigenvalue weighted by molar-refractivity contribution is -0.879. The van der Waals surface area contributed by atoms with Gasteiger partial charge in [0, 0.05) is 24.3 Å². The summed E-state index contributed by atoms with van der Waals surface area (Å²) in [7, 11) is 1.57. The average Bonchev–Trinajstić information content (AvgIpc) is 3.66. The SMILES string of the molecule is C[N@@+]([O-])(C/C=C/C(=O)Nc1cccc(-n2c(=O)n(-c3ccc(Oc4cccc(F)c4)cc3)c3c(N)ncnc32)c1)C1CCOC1. The molecule has 3 N–H and O–H groups in total. The van der Waals surface area contributed by atoms with Gasteiger partial charge >= 0.3 is 5.69 Å². The lowest BCUT2D eigenvalue weighted by Crippen LogP contribution is -2.47. The fourth-order valence-electron chi connectivity index (χ4n) is 5.23. The standard InChI is InChI=1S/C32H30FN7O5/c1-40(43,25-14-16-44-19-25)15-4-9-28(41)37-22-6-3-7-24(18-22)39-31-29(30(34)35-20-36-31)38(32(39)42)23-10-12-26(13-11-23)45-27-8-2-5-21(33)17-27/h2-13,17-18,20,25H,14-16,19H2,1H3,(H,37,41)(H2,34,35,36)/b9-4+/t25?,40-/m1/s1. The molecule has 0 radical (unpaired) electrons. The number of anilines is 2. The summed E-state index contributed by atoms with van der Waals surface area (Å²) in [5.74, 6) is 0.0268.